The van der Waals surface area contributed by atoms with Gasteiger partial charge in [0.1, 0.15) is 11.6 Å². The largest absolute Gasteiger partial charge is 0.493 e. The molecule has 0 spiro atoms. The minimum absolute atomic E-state index is 0.257. The third-order valence-corrected chi connectivity index (χ3v) is 5.81. The van der Waals surface area contributed by atoms with Crippen molar-refractivity contribution in [3.05, 3.63) is 105 Å². The number of benzene rings is 3. The van der Waals surface area contributed by atoms with E-state index in [1.165, 1.54) is 0 Å². The number of carbonyl (C=O) groups is 1. The number of amides is 1. The van der Waals surface area contributed by atoms with Crippen LogP contribution in [0.1, 0.15) is 21.5 Å². The van der Waals surface area contributed by atoms with Crippen LogP contribution in [-0.4, -0.2) is 22.8 Å². The molecule has 34 heavy (non-hydrogen) atoms. The van der Waals surface area contributed by atoms with Gasteiger partial charge in [-0.1, -0.05) is 65.1 Å². The first-order valence-corrected chi connectivity index (χ1v) is 11.4. The van der Waals surface area contributed by atoms with Crippen LogP contribution in [0.5, 0.6) is 11.5 Å². The van der Waals surface area contributed by atoms with Crippen LogP contribution in [-0.2, 0) is 13.2 Å². The lowest BCUT2D eigenvalue weighted by molar-refractivity contribution is 0.102. The minimum atomic E-state index is -0.337. The maximum atomic E-state index is 12.8. The molecule has 3 aromatic carbocycles. The number of hydrogen-bond acceptors (Lipinski definition) is 4. The Balaban J connectivity index is 1.43. The molecule has 1 N–H and O–H groups in total. The molecule has 1 heterocycles. The van der Waals surface area contributed by atoms with Gasteiger partial charge >= 0.3 is 0 Å². The molecular formula is C25H20Cl3N3O3. The van der Waals surface area contributed by atoms with Crippen LogP contribution in [0, 0.1) is 0 Å². The highest BCUT2D eigenvalue weighted by molar-refractivity contribution is 6.35. The Morgan fingerprint density at radius 3 is 2.53 bits per heavy atom. The van der Waals surface area contributed by atoms with Gasteiger partial charge in [0.2, 0.25) is 0 Å². The Morgan fingerprint density at radius 1 is 0.971 bits per heavy atom. The quantitative estimate of drug-likeness (QED) is 0.282. The summed E-state index contributed by atoms with van der Waals surface area (Å²) < 4.78 is 12.8. The van der Waals surface area contributed by atoms with E-state index in [1.807, 2.05) is 36.4 Å². The van der Waals surface area contributed by atoms with Crippen LogP contribution in [0.4, 0.5) is 5.82 Å². The van der Waals surface area contributed by atoms with Gasteiger partial charge in [0.25, 0.3) is 5.91 Å². The highest BCUT2D eigenvalue weighted by atomic mass is 35.5. The van der Waals surface area contributed by atoms with E-state index in [0.717, 1.165) is 11.1 Å². The molecule has 0 fully saturated rings. The Labute approximate surface area is 212 Å². The number of para-hydroxylation sites is 2. The average molecular weight is 517 g/mol. The highest BCUT2D eigenvalue weighted by Crippen LogP contribution is 2.27. The summed E-state index contributed by atoms with van der Waals surface area (Å²) >= 11 is 18.5. The molecule has 6 nitrogen and oxygen atoms in total. The molecule has 9 heteroatoms. The number of anilines is 1. The number of hydrogen-bond donors (Lipinski definition) is 1. The van der Waals surface area contributed by atoms with Gasteiger partial charge in [0.15, 0.2) is 17.3 Å². The first-order valence-electron chi connectivity index (χ1n) is 10.3. The molecule has 1 aromatic heterocycles. The summed E-state index contributed by atoms with van der Waals surface area (Å²) in [6.45, 7) is 0.653. The van der Waals surface area contributed by atoms with E-state index in [9.17, 15) is 4.79 Å². The number of ether oxygens (including phenoxy) is 2. The smallest absolute Gasteiger partial charge is 0.256 e. The van der Waals surface area contributed by atoms with Gasteiger partial charge in [0, 0.05) is 21.8 Å². The topological polar surface area (TPSA) is 65.4 Å². The van der Waals surface area contributed by atoms with Crippen LogP contribution in [0.3, 0.4) is 0 Å². The first-order chi connectivity index (χ1) is 16.4. The number of aromatic nitrogens is 2. The second-order valence-corrected chi connectivity index (χ2v) is 8.60. The standard InChI is InChI=1S/C25H20Cl3N3O3/c1-33-22-7-2-3-8-23(22)34-15-16-5-4-6-17(11-16)25(32)29-24-21(28)14-31(30-24)13-18-9-10-19(26)12-20(18)27/h2-12,14H,13,15H2,1H3,(H,29,30,32). The summed E-state index contributed by atoms with van der Waals surface area (Å²) in [5.74, 6) is 1.18. The van der Waals surface area contributed by atoms with E-state index in [2.05, 4.69) is 10.4 Å². The Morgan fingerprint density at radius 2 is 1.76 bits per heavy atom. The van der Waals surface area contributed by atoms with Gasteiger partial charge in [-0.05, 0) is 47.5 Å². The maximum absolute atomic E-state index is 12.8. The number of nitrogens with zero attached hydrogens (tertiary/aromatic N) is 2. The molecule has 0 radical (unpaired) electrons. The van der Waals surface area contributed by atoms with Crippen molar-refractivity contribution in [1.29, 1.82) is 0 Å². The van der Waals surface area contributed by atoms with Gasteiger partial charge in [-0.2, -0.15) is 5.10 Å². The van der Waals surface area contributed by atoms with Crippen molar-refractivity contribution < 1.29 is 14.3 Å². The Kier molecular flexibility index (Phi) is 7.63. The van der Waals surface area contributed by atoms with Crippen molar-refractivity contribution in [2.75, 3.05) is 12.4 Å². The SMILES string of the molecule is COc1ccccc1OCc1cccc(C(=O)Nc2nn(Cc3ccc(Cl)cc3Cl)cc2Cl)c1. The predicted molar refractivity (Wildman–Crippen MR) is 135 cm³/mol. The van der Waals surface area contributed by atoms with Gasteiger partial charge < -0.3 is 14.8 Å². The first kappa shape index (κ1) is 24.0. The summed E-state index contributed by atoms with van der Waals surface area (Å²) in [5.41, 5.74) is 2.10. The molecule has 0 aliphatic carbocycles. The van der Waals surface area contributed by atoms with E-state index >= 15 is 0 Å². The number of methoxy groups -OCH3 is 1. The number of nitrogens with one attached hydrogen (secondary N) is 1. The van der Waals surface area contributed by atoms with Crippen molar-refractivity contribution in [2.45, 2.75) is 13.2 Å². The van der Waals surface area contributed by atoms with E-state index in [-0.39, 0.29) is 18.3 Å². The second kappa shape index (κ2) is 10.8. The fourth-order valence-electron chi connectivity index (χ4n) is 3.27. The summed E-state index contributed by atoms with van der Waals surface area (Å²) in [4.78, 5) is 12.8. The third-order valence-electron chi connectivity index (χ3n) is 4.95. The molecule has 4 aromatic rings. The fraction of sp³-hybridized carbons (Fsp3) is 0.120. The van der Waals surface area contributed by atoms with Crippen LogP contribution in [0.15, 0.2) is 72.9 Å². The summed E-state index contributed by atoms with van der Waals surface area (Å²) in [5, 5.41) is 8.52. The van der Waals surface area contributed by atoms with E-state index in [4.69, 9.17) is 44.3 Å². The third kappa shape index (κ3) is 5.83. The zero-order valence-electron chi connectivity index (χ0n) is 18.1. The van der Waals surface area contributed by atoms with Gasteiger partial charge in [-0.25, -0.2) is 0 Å². The van der Waals surface area contributed by atoms with Crippen LogP contribution in [0.2, 0.25) is 15.1 Å². The monoisotopic (exact) mass is 515 g/mol. The molecule has 174 valence electrons. The zero-order chi connectivity index (χ0) is 24.1. The minimum Gasteiger partial charge on any atom is -0.493 e. The molecule has 0 aliphatic rings. The lowest BCUT2D eigenvalue weighted by Gasteiger charge is -2.11. The zero-order valence-corrected chi connectivity index (χ0v) is 20.4. The summed E-state index contributed by atoms with van der Waals surface area (Å²) in [7, 11) is 1.59. The van der Waals surface area contributed by atoms with Gasteiger partial charge in [-0.3, -0.25) is 9.48 Å². The van der Waals surface area contributed by atoms with Crippen LogP contribution < -0.4 is 14.8 Å². The van der Waals surface area contributed by atoms with Crippen molar-refractivity contribution in [3.8, 4) is 11.5 Å². The molecular weight excluding hydrogens is 497 g/mol. The second-order valence-electron chi connectivity index (χ2n) is 7.35. The molecule has 4 rings (SSSR count). The molecule has 0 saturated carbocycles. The van der Waals surface area contributed by atoms with Crippen molar-refractivity contribution >= 4 is 46.5 Å². The summed E-state index contributed by atoms with van der Waals surface area (Å²) in [6, 6.07) is 19.7. The lowest BCUT2D eigenvalue weighted by Crippen LogP contribution is -2.13. The van der Waals surface area contributed by atoms with Crippen LogP contribution >= 0.6 is 34.8 Å². The van der Waals surface area contributed by atoms with Crippen molar-refractivity contribution in [2.24, 2.45) is 0 Å². The lowest BCUT2D eigenvalue weighted by atomic mass is 10.1. The van der Waals surface area contributed by atoms with E-state index in [0.29, 0.717) is 38.7 Å². The van der Waals surface area contributed by atoms with Gasteiger partial charge in [0.05, 0.1) is 13.7 Å². The van der Waals surface area contributed by atoms with Crippen LogP contribution in [0.25, 0.3) is 0 Å². The number of carbonyl (C=O) groups excluding carboxylic acids is 1. The molecule has 0 bridgehead atoms. The van der Waals surface area contributed by atoms with E-state index < -0.39 is 0 Å². The molecule has 0 aliphatic heterocycles. The van der Waals surface area contributed by atoms with Crippen molar-refractivity contribution in [3.63, 3.8) is 0 Å². The molecule has 0 unspecified atom stereocenters. The molecule has 0 saturated heterocycles. The normalized spacial score (nSPS) is 10.7. The Hall–Kier alpha value is -3.19. The Bertz CT molecular complexity index is 1320. The van der Waals surface area contributed by atoms with E-state index in [1.54, 1.807) is 48.3 Å². The number of halogens is 3. The predicted octanol–water partition coefficient (Wildman–Crippen LogP) is 6.73. The highest BCUT2D eigenvalue weighted by Gasteiger charge is 2.14. The van der Waals surface area contributed by atoms with Crippen molar-refractivity contribution in [1.82, 2.24) is 9.78 Å². The van der Waals surface area contributed by atoms with Gasteiger partial charge in [-0.15, -0.1) is 0 Å². The summed E-state index contributed by atoms with van der Waals surface area (Å²) in [6.07, 6.45) is 1.62. The number of rotatable bonds is 8. The molecule has 1 amide bonds. The fourth-order valence-corrected chi connectivity index (χ4v) is 3.93. The maximum Gasteiger partial charge on any atom is 0.256 e. The average Bonchev–Trinajstić information content (AvgIpc) is 3.18. The molecule has 0 atom stereocenters.